The standard InChI is InChI=1S/C14H20O3/c1-13(2,3)8-7-9(15)10(14(4,5)6)12(17)11(8)16/h7,17H,1-6H3. The van der Waals surface area contributed by atoms with Crippen molar-refractivity contribution in [2.75, 3.05) is 0 Å². The van der Waals surface area contributed by atoms with Crippen molar-refractivity contribution in [2.24, 2.45) is 10.8 Å². The monoisotopic (exact) mass is 236 g/mol. The first kappa shape index (κ1) is 13.7. The Morgan fingerprint density at radius 1 is 0.941 bits per heavy atom. The quantitative estimate of drug-likeness (QED) is 0.658. The normalized spacial score (nSPS) is 18.6. The third kappa shape index (κ3) is 2.48. The maximum absolute atomic E-state index is 12.0. The molecule has 0 saturated carbocycles. The molecule has 0 heterocycles. The summed E-state index contributed by atoms with van der Waals surface area (Å²) in [4.78, 5) is 24.1. The van der Waals surface area contributed by atoms with E-state index in [1.54, 1.807) is 20.8 Å². The van der Waals surface area contributed by atoms with Crippen LogP contribution in [0.15, 0.2) is 23.0 Å². The van der Waals surface area contributed by atoms with Crippen LogP contribution in [0.3, 0.4) is 0 Å². The van der Waals surface area contributed by atoms with Gasteiger partial charge < -0.3 is 5.11 Å². The molecular weight excluding hydrogens is 216 g/mol. The van der Waals surface area contributed by atoms with Crippen molar-refractivity contribution in [3.05, 3.63) is 23.0 Å². The van der Waals surface area contributed by atoms with E-state index in [9.17, 15) is 14.7 Å². The van der Waals surface area contributed by atoms with Crippen LogP contribution in [-0.2, 0) is 9.59 Å². The molecule has 0 radical (unpaired) electrons. The number of Topliss-reactive ketones (excluding diaryl/α,β-unsaturated/α-hetero) is 1. The molecule has 1 N–H and O–H groups in total. The first-order valence-electron chi connectivity index (χ1n) is 5.71. The maximum Gasteiger partial charge on any atom is 0.224 e. The molecule has 1 aliphatic rings. The van der Waals surface area contributed by atoms with Crippen molar-refractivity contribution < 1.29 is 14.7 Å². The number of allylic oxidation sites excluding steroid dienone is 3. The second kappa shape index (κ2) is 3.83. The minimum atomic E-state index is -0.531. The number of aliphatic hydroxyl groups is 1. The lowest BCUT2D eigenvalue weighted by Gasteiger charge is -2.29. The highest BCUT2D eigenvalue weighted by molar-refractivity contribution is 6.22. The zero-order valence-corrected chi connectivity index (χ0v) is 11.3. The van der Waals surface area contributed by atoms with E-state index in [0.29, 0.717) is 5.57 Å². The number of rotatable bonds is 0. The van der Waals surface area contributed by atoms with Gasteiger partial charge in [-0.05, 0) is 16.9 Å². The first-order valence-corrected chi connectivity index (χ1v) is 5.71. The van der Waals surface area contributed by atoms with Gasteiger partial charge in [0.1, 0.15) is 0 Å². The molecule has 0 amide bonds. The Labute approximate surface area is 102 Å². The molecule has 94 valence electrons. The van der Waals surface area contributed by atoms with E-state index in [-0.39, 0.29) is 11.4 Å². The fourth-order valence-electron chi connectivity index (χ4n) is 1.91. The van der Waals surface area contributed by atoms with E-state index in [0.717, 1.165) is 0 Å². The van der Waals surface area contributed by atoms with E-state index >= 15 is 0 Å². The van der Waals surface area contributed by atoms with Crippen molar-refractivity contribution in [1.29, 1.82) is 0 Å². The van der Waals surface area contributed by atoms with E-state index in [4.69, 9.17) is 0 Å². The molecule has 0 aromatic rings. The topological polar surface area (TPSA) is 54.4 Å². The van der Waals surface area contributed by atoms with Crippen LogP contribution in [-0.4, -0.2) is 16.7 Å². The van der Waals surface area contributed by atoms with Crippen LogP contribution in [0.5, 0.6) is 0 Å². The van der Waals surface area contributed by atoms with Crippen LogP contribution >= 0.6 is 0 Å². The number of ketones is 2. The van der Waals surface area contributed by atoms with E-state index < -0.39 is 22.4 Å². The van der Waals surface area contributed by atoms with Crippen LogP contribution in [0.4, 0.5) is 0 Å². The van der Waals surface area contributed by atoms with Crippen LogP contribution < -0.4 is 0 Å². The average Bonchev–Trinajstić information content (AvgIpc) is 2.07. The molecule has 0 aliphatic heterocycles. The molecule has 1 aliphatic carbocycles. The minimum Gasteiger partial charge on any atom is -0.504 e. The second-order valence-electron chi connectivity index (χ2n) is 6.47. The summed E-state index contributed by atoms with van der Waals surface area (Å²) in [5.41, 5.74) is -0.399. The summed E-state index contributed by atoms with van der Waals surface area (Å²) in [6.45, 7) is 11.0. The number of carbonyl (C=O) groups is 2. The van der Waals surface area contributed by atoms with Crippen LogP contribution in [0.25, 0.3) is 0 Å². The van der Waals surface area contributed by atoms with Gasteiger partial charge in [0.25, 0.3) is 0 Å². The summed E-state index contributed by atoms with van der Waals surface area (Å²) < 4.78 is 0. The molecule has 0 bridgehead atoms. The van der Waals surface area contributed by atoms with Gasteiger partial charge in [-0.15, -0.1) is 0 Å². The van der Waals surface area contributed by atoms with Crippen LogP contribution in [0, 0.1) is 10.8 Å². The van der Waals surface area contributed by atoms with Crippen LogP contribution in [0.1, 0.15) is 41.5 Å². The van der Waals surface area contributed by atoms with Gasteiger partial charge in [-0.1, -0.05) is 41.5 Å². The highest BCUT2D eigenvalue weighted by Crippen LogP contribution is 2.37. The summed E-state index contributed by atoms with van der Waals surface area (Å²) in [5, 5.41) is 9.95. The molecule has 0 saturated heterocycles. The van der Waals surface area contributed by atoms with Gasteiger partial charge in [0.05, 0.1) is 5.57 Å². The Morgan fingerprint density at radius 3 is 1.76 bits per heavy atom. The third-order valence-electron chi connectivity index (χ3n) is 2.78. The minimum absolute atomic E-state index is 0.204. The molecule has 1 rings (SSSR count). The highest BCUT2D eigenvalue weighted by Gasteiger charge is 2.38. The van der Waals surface area contributed by atoms with Gasteiger partial charge in [0.15, 0.2) is 11.5 Å². The predicted octanol–water partition coefficient (Wildman–Crippen LogP) is 2.97. The van der Waals surface area contributed by atoms with Gasteiger partial charge in [0, 0.05) is 5.57 Å². The molecule has 0 aromatic heterocycles. The summed E-state index contributed by atoms with van der Waals surface area (Å²) in [5.74, 6) is -1.09. The number of hydrogen-bond acceptors (Lipinski definition) is 3. The zero-order valence-electron chi connectivity index (χ0n) is 11.3. The lowest BCUT2D eigenvalue weighted by atomic mass is 9.74. The Kier molecular flexibility index (Phi) is 3.08. The fraction of sp³-hybridized carbons (Fsp3) is 0.571. The van der Waals surface area contributed by atoms with Gasteiger partial charge in [-0.2, -0.15) is 0 Å². The van der Waals surface area contributed by atoms with Crippen molar-refractivity contribution in [2.45, 2.75) is 41.5 Å². The average molecular weight is 236 g/mol. The lowest BCUT2D eigenvalue weighted by Crippen LogP contribution is -2.31. The summed E-state index contributed by atoms with van der Waals surface area (Å²) in [6, 6.07) is 0. The molecule has 0 unspecified atom stereocenters. The van der Waals surface area contributed by atoms with Gasteiger partial charge in [-0.3, -0.25) is 9.59 Å². The van der Waals surface area contributed by atoms with Crippen molar-refractivity contribution in [3.8, 4) is 0 Å². The van der Waals surface area contributed by atoms with Gasteiger partial charge in [0.2, 0.25) is 5.78 Å². The van der Waals surface area contributed by atoms with Crippen LogP contribution in [0.2, 0.25) is 0 Å². The SMILES string of the molecule is CC(C)(C)C1=CC(=O)C(C(C)(C)C)=C(O)C1=O. The van der Waals surface area contributed by atoms with Gasteiger partial charge in [-0.25, -0.2) is 0 Å². The number of carbonyl (C=O) groups excluding carboxylic acids is 2. The second-order valence-corrected chi connectivity index (χ2v) is 6.47. The third-order valence-corrected chi connectivity index (χ3v) is 2.78. The molecular formula is C14H20O3. The van der Waals surface area contributed by atoms with E-state index in [2.05, 4.69) is 0 Å². The molecule has 0 aromatic carbocycles. The van der Waals surface area contributed by atoms with Crippen molar-refractivity contribution in [1.82, 2.24) is 0 Å². The molecule has 3 nitrogen and oxygen atoms in total. The fourth-order valence-corrected chi connectivity index (χ4v) is 1.91. The summed E-state index contributed by atoms with van der Waals surface area (Å²) in [7, 11) is 0. The Balaban J connectivity index is 3.35. The number of aliphatic hydroxyl groups excluding tert-OH is 1. The molecule has 0 fully saturated rings. The summed E-state index contributed by atoms with van der Waals surface area (Å²) >= 11 is 0. The van der Waals surface area contributed by atoms with Gasteiger partial charge >= 0.3 is 0 Å². The Bertz CT molecular complexity index is 437. The van der Waals surface area contributed by atoms with E-state index in [1.165, 1.54) is 6.08 Å². The summed E-state index contributed by atoms with van der Waals surface area (Å²) in [6.07, 6.45) is 1.36. The molecule has 0 atom stereocenters. The largest absolute Gasteiger partial charge is 0.504 e. The van der Waals surface area contributed by atoms with Crippen molar-refractivity contribution >= 4 is 11.6 Å². The smallest absolute Gasteiger partial charge is 0.224 e. The van der Waals surface area contributed by atoms with Crippen molar-refractivity contribution in [3.63, 3.8) is 0 Å². The highest BCUT2D eigenvalue weighted by atomic mass is 16.3. The molecule has 3 heteroatoms. The Hall–Kier alpha value is -1.38. The molecule has 0 spiro atoms. The Morgan fingerprint density at radius 2 is 1.41 bits per heavy atom. The molecule has 17 heavy (non-hydrogen) atoms. The predicted molar refractivity (Wildman–Crippen MR) is 66.7 cm³/mol. The first-order chi connectivity index (χ1) is 7.46. The zero-order chi connectivity index (χ0) is 13.6. The number of hydrogen-bond donors (Lipinski definition) is 1. The van der Waals surface area contributed by atoms with E-state index in [1.807, 2.05) is 20.8 Å². The maximum atomic E-state index is 12.0. The lowest BCUT2D eigenvalue weighted by molar-refractivity contribution is -0.119.